The van der Waals surface area contributed by atoms with Crippen LogP contribution in [0, 0.1) is 11.3 Å². The van der Waals surface area contributed by atoms with Gasteiger partial charge < -0.3 is 15.2 Å². The van der Waals surface area contributed by atoms with Gasteiger partial charge in [-0.25, -0.2) is 0 Å². The average molecular weight is 309 g/mol. The fraction of sp³-hybridized carbons (Fsp3) is 0.765. The van der Waals surface area contributed by atoms with Gasteiger partial charge in [-0.15, -0.1) is 11.3 Å². The summed E-state index contributed by atoms with van der Waals surface area (Å²) in [6.45, 7) is 2.75. The molecule has 2 heterocycles. The Morgan fingerprint density at radius 1 is 1.33 bits per heavy atom. The van der Waals surface area contributed by atoms with Crippen LogP contribution in [0.25, 0.3) is 0 Å². The Bertz CT molecular complexity index is 408. The van der Waals surface area contributed by atoms with Crippen LogP contribution in [0.5, 0.6) is 0 Å². The number of hydrogen-bond donors (Lipinski definition) is 2. The van der Waals surface area contributed by atoms with Crippen molar-refractivity contribution in [2.45, 2.75) is 44.6 Å². The van der Waals surface area contributed by atoms with Gasteiger partial charge in [-0.05, 0) is 43.0 Å². The minimum atomic E-state index is 0.0202. The molecule has 1 aromatic heterocycles. The summed E-state index contributed by atoms with van der Waals surface area (Å²) in [7, 11) is 0. The highest BCUT2D eigenvalue weighted by Gasteiger charge is 2.34. The Labute approximate surface area is 131 Å². The fourth-order valence-electron chi connectivity index (χ4n) is 3.78. The molecule has 4 heteroatoms. The Morgan fingerprint density at radius 3 is 2.71 bits per heavy atom. The molecule has 1 unspecified atom stereocenters. The van der Waals surface area contributed by atoms with Crippen molar-refractivity contribution in [3.05, 3.63) is 22.4 Å². The van der Waals surface area contributed by atoms with E-state index in [1.807, 2.05) is 11.3 Å². The van der Waals surface area contributed by atoms with E-state index < -0.39 is 0 Å². The van der Waals surface area contributed by atoms with E-state index in [0.29, 0.717) is 6.04 Å². The average Bonchev–Trinajstić information content (AvgIpc) is 3.22. The van der Waals surface area contributed by atoms with E-state index >= 15 is 0 Å². The Morgan fingerprint density at radius 2 is 2.10 bits per heavy atom. The van der Waals surface area contributed by atoms with Crippen LogP contribution in [-0.2, 0) is 4.74 Å². The molecule has 0 amide bonds. The summed E-state index contributed by atoms with van der Waals surface area (Å²) >= 11 is 1.86. The molecule has 1 aliphatic carbocycles. The van der Waals surface area contributed by atoms with Gasteiger partial charge >= 0.3 is 0 Å². The second kappa shape index (κ2) is 7.23. The number of hydrogen-bond acceptors (Lipinski definition) is 4. The Balaban J connectivity index is 1.66. The van der Waals surface area contributed by atoms with Crippen molar-refractivity contribution < 1.29 is 9.84 Å². The maximum absolute atomic E-state index is 9.86. The number of aliphatic hydroxyl groups excluding tert-OH is 1. The first-order valence-corrected chi connectivity index (χ1v) is 9.16. The molecule has 1 saturated heterocycles. The summed E-state index contributed by atoms with van der Waals surface area (Å²) in [5.74, 6) is 0.763. The van der Waals surface area contributed by atoms with Crippen LogP contribution in [-0.4, -0.2) is 31.5 Å². The predicted molar refractivity (Wildman–Crippen MR) is 86.6 cm³/mol. The first-order chi connectivity index (χ1) is 10.3. The van der Waals surface area contributed by atoms with Crippen molar-refractivity contribution in [2.75, 3.05) is 26.4 Å². The van der Waals surface area contributed by atoms with Crippen molar-refractivity contribution in [3.63, 3.8) is 0 Å². The molecule has 1 saturated carbocycles. The molecular weight excluding hydrogens is 282 g/mol. The lowest BCUT2D eigenvalue weighted by atomic mass is 9.80. The van der Waals surface area contributed by atoms with Crippen LogP contribution in [0.2, 0.25) is 0 Å². The number of rotatable bonds is 6. The third-order valence-electron chi connectivity index (χ3n) is 5.31. The van der Waals surface area contributed by atoms with Crippen LogP contribution in [0.1, 0.15) is 49.4 Å². The first kappa shape index (κ1) is 15.5. The van der Waals surface area contributed by atoms with Gasteiger partial charge in [-0.1, -0.05) is 18.9 Å². The second-order valence-corrected chi connectivity index (χ2v) is 7.67. The summed E-state index contributed by atoms with van der Waals surface area (Å²) in [6, 6.07) is 4.88. The van der Waals surface area contributed by atoms with Crippen molar-refractivity contribution in [1.82, 2.24) is 5.32 Å². The molecule has 3 nitrogen and oxygen atoms in total. The smallest absolute Gasteiger partial charge is 0.0501 e. The maximum atomic E-state index is 9.86. The van der Waals surface area contributed by atoms with Crippen LogP contribution < -0.4 is 5.32 Å². The number of ether oxygens (including phenoxy) is 1. The number of aliphatic hydroxyl groups is 1. The van der Waals surface area contributed by atoms with E-state index in [1.165, 1.54) is 30.6 Å². The molecule has 21 heavy (non-hydrogen) atoms. The van der Waals surface area contributed by atoms with E-state index in [9.17, 15) is 5.11 Å². The highest BCUT2D eigenvalue weighted by atomic mass is 32.1. The molecule has 1 atom stereocenters. The van der Waals surface area contributed by atoms with Crippen LogP contribution in [0.15, 0.2) is 17.5 Å². The van der Waals surface area contributed by atoms with Crippen molar-refractivity contribution >= 4 is 11.3 Å². The van der Waals surface area contributed by atoms with E-state index in [-0.39, 0.29) is 12.0 Å². The van der Waals surface area contributed by atoms with Crippen molar-refractivity contribution in [2.24, 2.45) is 11.3 Å². The lowest BCUT2D eigenvalue weighted by molar-refractivity contribution is -0.0173. The van der Waals surface area contributed by atoms with E-state index in [2.05, 4.69) is 22.8 Å². The predicted octanol–water partition coefficient (Wildman–Crippen LogP) is 3.36. The highest BCUT2D eigenvalue weighted by Crippen LogP contribution is 2.38. The second-order valence-electron chi connectivity index (χ2n) is 6.69. The van der Waals surface area contributed by atoms with Gasteiger partial charge in [0.05, 0.1) is 6.61 Å². The third-order valence-corrected chi connectivity index (χ3v) is 6.26. The fourth-order valence-corrected chi connectivity index (χ4v) is 4.67. The molecule has 1 aromatic rings. The van der Waals surface area contributed by atoms with Gasteiger partial charge in [-0.2, -0.15) is 0 Å². The lowest BCUT2D eigenvalue weighted by Crippen LogP contribution is -2.43. The van der Waals surface area contributed by atoms with Crippen LogP contribution >= 0.6 is 11.3 Å². The van der Waals surface area contributed by atoms with Gasteiger partial charge in [0.25, 0.3) is 0 Å². The van der Waals surface area contributed by atoms with Gasteiger partial charge in [0.1, 0.15) is 0 Å². The summed E-state index contributed by atoms with van der Waals surface area (Å²) in [5, 5.41) is 15.9. The van der Waals surface area contributed by atoms with E-state index in [1.54, 1.807) is 0 Å². The molecule has 3 rings (SSSR count). The molecule has 0 bridgehead atoms. The number of nitrogens with one attached hydrogen (secondary N) is 1. The zero-order chi connectivity index (χ0) is 14.5. The van der Waals surface area contributed by atoms with Crippen molar-refractivity contribution in [3.8, 4) is 0 Å². The minimum Gasteiger partial charge on any atom is -0.396 e. The minimum absolute atomic E-state index is 0.0202. The SMILES string of the molecule is OCC1(CNC(c2cccs2)C2CCCC2)CCOCC1. The highest BCUT2D eigenvalue weighted by molar-refractivity contribution is 7.10. The van der Waals surface area contributed by atoms with Gasteiger partial charge in [-0.3, -0.25) is 0 Å². The summed E-state index contributed by atoms with van der Waals surface area (Å²) in [5.41, 5.74) is 0.0202. The largest absolute Gasteiger partial charge is 0.396 e. The van der Waals surface area contributed by atoms with E-state index in [0.717, 1.165) is 38.5 Å². The van der Waals surface area contributed by atoms with Crippen LogP contribution in [0.3, 0.4) is 0 Å². The summed E-state index contributed by atoms with van der Waals surface area (Å²) in [6.07, 6.45) is 7.35. The molecule has 0 aromatic carbocycles. The Hall–Kier alpha value is -0.420. The third kappa shape index (κ3) is 3.67. The molecular formula is C17H27NO2S. The maximum Gasteiger partial charge on any atom is 0.0501 e. The van der Waals surface area contributed by atoms with Gasteiger partial charge in [0.2, 0.25) is 0 Å². The van der Waals surface area contributed by atoms with Crippen molar-refractivity contribution in [1.29, 1.82) is 0 Å². The normalized spacial score (nSPS) is 24.2. The van der Waals surface area contributed by atoms with Crippen LogP contribution in [0.4, 0.5) is 0 Å². The molecule has 118 valence electrons. The molecule has 2 aliphatic rings. The van der Waals surface area contributed by atoms with Gasteiger partial charge in [0, 0.05) is 36.1 Å². The summed E-state index contributed by atoms with van der Waals surface area (Å²) < 4.78 is 5.47. The lowest BCUT2D eigenvalue weighted by Gasteiger charge is -2.37. The standard InChI is InChI=1S/C17H27NO2S/c19-13-17(7-9-20-10-8-17)12-18-16(14-4-1-2-5-14)15-6-3-11-21-15/h3,6,11,14,16,18-19H,1-2,4-5,7-10,12-13H2. The molecule has 0 radical (unpaired) electrons. The molecule has 0 spiro atoms. The molecule has 2 N–H and O–H groups in total. The van der Waals surface area contributed by atoms with Gasteiger partial charge in [0.15, 0.2) is 0 Å². The quantitative estimate of drug-likeness (QED) is 0.846. The summed E-state index contributed by atoms with van der Waals surface area (Å²) in [4.78, 5) is 1.46. The monoisotopic (exact) mass is 309 g/mol. The number of thiophene rings is 1. The zero-order valence-electron chi connectivity index (χ0n) is 12.7. The molecule has 1 aliphatic heterocycles. The zero-order valence-corrected chi connectivity index (χ0v) is 13.5. The topological polar surface area (TPSA) is 41.5 Å². The first-order valence-electron chi connectivity index (χ1n) is 8.28. The molecule has 2 fully saturated rings. The Kier molecular flexibility index (Phi) is 5.33. The van der Waals surface area contributed by atoms with E-state index in [4.69, 9.17) is 4.74 Å².